The van der Waals surface area contributed by atoms with Crippen molar-refractivity contribution in [3.05, 3.63) is 15.9 Å². The minimum atomic E-state index is -3.32. The highest BCUT2D eigenvalue weighted by Gasteiger charge is 2.45. The highest BCUT2D eigenvalue weighted by Crippen LogP contribution is 2.40. The first-order valence-corrected chi connectivity index (χ1v) is 9.04. The molecule has 8 heteroatoms. The standard InChI is InChI=1S/C11H15BrN2O2S2.ClH/c12-10-3-4-11(17-10)18(15,16)14-5-7-1-2-9(13)8(7)6-14;/h3-4,7-9H,1-2,5-6,13H2;1H. The Morgan fingerprint density at radius 2 is 2.05 bits per heavy atom. The van der Waals surface area contributed by atoms with E-state index in [1.807, 2.05) is 0 Å². The first-order valence-electron chi connectivity index (χ1n) is 5.99. The van der Waals surface area contributed by atoms with Crippen LogP contribution in [0.2, 0.25) is 0 Å². The summed E-state index contributed by atoms with van der Waals surface area (Å²) in [6, 6.07) is 3.61. The average molecular weight is 388 g/mol. The predicted octanol–water partition coefficient (Wildman–Crippen LogP) is 2.29. The second-order valence-corrected chi connectivity index (χ2v) is 9.67. The highest BCUT2D eigenvalue weighted by molar-refractivity contribution is 9.11. The predicted molar refractivity (Wildman–Crippen MR) is 82.2 cm³/mol. The van der Waals surface area contributed by atoms with E-state index in [0.29, 0.717) is 29.1 Å². The van der Waals surface area contributed by atoms with Crippen molar-refractivity contribution in [3.8, 4) is 0 Å². The van der Waals surface area contributed by atoms with E-state index in [4.69, 9.17) is 5.73 Å². The van der Waals surface area contributed by atoms with Crippen molar-refractivity contribution in [2.75, 3.05) is 13.1 Å². The van der Waals surface area contributed by atoms with E-state index in [0.717, 1.165) is 16.6 Å². The molecule has 2 aliphatic rings. The third-order valence-corrected chi connectivity index (χ3v) is 7.94. The maximum Gasteiger partial charge on any atom is 0.252 e. The number of rotatable bonds is 2. The minimum Gasteiger partial charge on any atom is -0.327 e. The Morgan fingerprint density at radius 1 is 1.32 bits per heavy atom. The zero-order valence-corrected chi connectivity index (χ0v) is 14.2. The minimum absolute atomic E-state index is 0. The summed E-state index contributed by atoms with van der Waals surface area (Å²) in [5.41, 5.74) is 6.04. The number of hydrogen-bond acceptors (Lipinski definition) is 4. The molecule has 1 aliphatic carbocycles. The maximum absolute atomic E-state index is 12.5. The van der Waals surface area contributed by atoms with Gasteiger partial charge in [0.25, 0.3) is 10.0 Å². The first kappa shape index (κ1) is 15.7. The zero-order valence-electron chi connectivity index (χ0n) is 10.2. The molecule has 1 aromatic rings. The van der Waals surface area contributed by atoms with Gasteiger partial charge in [0.15, 0.2) is 0 Å². The van der Waals surface area contributed by atoms with Crippen LogP contribution in [0.15, 0.2) is 20.1 Å². The Labute approximate surface area is 131 Å². The van der Waals surface area contributed by atoms with Gasteiger partial charge in [0.2, 0.25) is 0 Å². The van der Waals surface area contributed by atoms with Crippen LogP contribution in [0.1, 0.15) is 12.8 Å². The van der Waals surface area contributed by atoms with Gasteiger partial charge < -0.3 is 5.73 Å². The molecule has 2 fully saturated rings. The molecule has 1 aromatic heterocycles. The van der Waals surface area contributed by atoms with Gasteiger partial charge in [-0.3, -0.25) is 0 Å². The van der Waals surface area contributed by atoms with Crippen molar-refractivity contribution in [2.24, 2.45) is 17.6 Å². The van der Waals surface area contributed by atoms with Gasteiger partial charge in [-0.05, 0) is 52.7 Å². The number of sulfonamides is 1. The molecule has 3 rings (SSSR count). The third-order valence-electron chi connectivity index (χ3n) is 4.02. The molecule has 0 aromatic carbocycles. The van der Waals surface area contributed by atoms with Crippen molar-refractivity contribution < 1.29 is 8.42 Å². The Morgan fingerprint density at radius 3 is 2.63 bits per heavy atom. The molecule has 2 N–H and O–H groups in total. The fourth-order valence-corrected chi connectivity index (χ4v) is 6.73. The van der Waals surface area contributed by atoms with Crippen molar-refractivity contribution in [3.63, 3.8) is 0 Å². The van der Waals surface area contributed by atoms with Crippen LogP contribution >= 0.6 is 39.7 Å². The van der Waals surface area contributed by atoms with E-state index in [1.54, 1.807) is 16.4 Å². The van der Waals surface area contributed by atoms with E-state index >= 15 is 0 Å². The van der Waals surface area contributed by atoms with Gasteiger partial charge in [-0.2, -0.15) is 4.31 Å². The molecule has 0 bridgehead atoms. The highest BCUT2D eigenvalue weighted by atomic mass is 79.9. The fourth-order valence-electron chi connectivity index (χ4n) is 3.03. The maximum atomic E-state index is 12.5. The Bertz CT molecular complexity index is 563. The van der Waals surface area contributed by atoms with E-state index in [1.165, 1.54) is 11.3 Å². The Hall–Kier alpha value is 0.340. The molecule has 4 nitrogen and oxygen atoms in total. The van der Waals surface area contributed by atoms with E-state index in [2.05, 4.69) is 15.9 Å². The van der Waals surface area contributed by atoms with Gasteiger partial charge in [0.05, 0.1) is 3.79 Å². The summed E-state index contributed by atoms with van der Waals surface area (Å²) >= 11 is 4.57. The van der Waals surface area contributed by atoms with E-state index in [9.17, 15) is 8.42 Å². The lowest BCUT2D eigenvalue weighted by Gasteiger charge is -2.17. The first-order chi connectivity index (χ1) is 8.48. The van der Waals surface area contributed by atoms with Gasteiger partial charge in [-0.1, -0.05) is 0 Å². The van der Waals surface area contributed by atoms with Crippen LogP contribution in [0.25, 0.3) is 0 Å². The summed E-state index contributed by atoms with van der Waals surface area (Å²) in [6.45, 7) is 1.22. The number of halogens is 2. The molecule has 2 heterocycles. The van der Waals surface area contributed by atoms with Crippen LogP contribution in [0.4, 0.5) is 0 Å². The van der Waals surface area contributed by atoms with Gasteiger partial charge in [-0.25, -0.2) is 8.42 Å². The second-order valence-electron chi connectivity index (χ2n) is 5.05. The molecule has 1 aliphatic heterocycles. The molecule has 0 spiro atoms. The van der Waals surface area contributed by atoms with Crippen LogP contribution in [0.5, 0.6) is 0 Å². The van der Waals surface area contributed by atoms with Crippen molar-refractivity contribution >= 4 is 49.7 Å². The number of fused-ring (bicyclic) bond motifs is 1. The third kappa shape index (κ3) is 2.73. The Balaban J connectivity index is 0.00000133. The molecule has 1 saturated heterocycles. The topological polar surface area (TPSA) is 63.4 Å². The summed E-state index contributed by atoms with van der Waals surface area (Å²) in [7, 11) is -3.32. The molecule has 3 atom stereocenters. The molecule has 3 unspecified atom stereocenters. The lowest BCUT2D eigenvalue weighted by Crippen LogP contribution is -2.33. The van der Waals surface area contributed by atoms with Crippen LogP contribution < -0.4 is 5.73 Å². The molecule has 108 valence electrons. The van der Waals surface area contributed by atoms with Crippen LogP contribution in [0, 0.1) is 11.8 Å². The van der Waals surface area contributed by atoms with Gasteiger partial charge >= 0.3 is 0 Å². The van der Waals surface area contributed by atoms with Gasteiger partial charge in [0, 0.05) is 19.1 Å². The normalized spacial score (nSPS) is 31.2. The summed E-state index contributed by atoms with van der Waals surface area (Å²) in [5.74, 6) is 0.807. The molecular weight excluding hydrogens is 372 g/mol. The van der Waals surface area contributed by atoms with Crippen molar-refractivity contribution in [1.82, 2.24) is 4.31 Å². The van der Waals surface area contributed by atoms with E-state index < -0.39 is 10.0 Å². The van der Waals surface area contributed by atoms with Crippen molar-refractivity contribution in [1.29, 1.82) is 0 Å². The number of nitrogens with zero attached hydrogens (tertiary/aromatic N) is 1. The van der Waals surface area contributed by atoms with Crippen LogP contribution in [-0.4, -0.2) is 31.9 Å². The van der Waals surface area contributed by atoms with Crippen LogP contribution in [-0.2, 0) is 10.0 Å². The molecular formula is C11H16BrClN2O2S2. The number of nitrogens with two attached hydrogens (primary N) is 1. The second kappa shape index (κ2) is 5.61. The number of hydrogen-bond donors (Lipinski definition) is 1. The summed E-state index contributed by atoms with van der Waals surface area (Å²) in [5, 5.41) is 0. The van der Waals surface area contributed by atoms with Gasteiger partial charge in [0.1, 0.15) is 4.21 Å². The SMILES string of the molecule is Cl.NC1CCC2CN(S(=O)(=O)c3ccc(Br)s3)CC12. The monoisotopic (exact) mass is 386 g/mol. The largest absolute Gasteiger partial charge is 0.327 e. The molecule has 19 heavy (non-hydrogen) atoms. The smallest absolute Gasteiger partial charge is 0.252 e. The summed E-state index contributed by atoms with van der Waals surface area (Å²) in [4.78, 5) is 0. The van der Waals surface area contributed by atoms with Gasteiger partial charge in [-0.15, -0.1) is 23.7 Å². The fraction of sp³-hybridized carbons (Fsp3) is 0.636. The quantitative estimate of drug-likeness (QED) is 0.847. The number of thiophene rings is 1. The van der Waals surface area contributed by atoms with E-state index in [-0.39, 0.29) is 18.4 Å². The summed E-state index contributed by atoms with van der Waals surface area (Å²) < 4.78 is 27.8. The molecule has 1 saturated carbocycles. The lowest BCUT2D eigenvalue weighted by molar-refractivity contribution is 0.428. The average Bonchev–Trinajstić information content (AvgIpc) is 2.96. The molecule has 0 radical (unpaired) electrons. The molecule has 0 amide bonds. The Kier molecular flexibility index (Phi) is 4.65. The van der Waals surface area contributed by atoms with Crippen LogP contribution in [0.3, 0.4) is 0 Å². The van der Waals surface area contributed by atoms with Crippen molar-refractivity contribution in [2.45, 2.75) is 23.1 Å². The lowest BCUT2D eigenvalue weighted by atomic mass is 9.98. The summed E-state index contributed by atoms with van der Waals surface area (Å²) in [6.07, 6.45) is 2.10. The zero-order chi connectivity index (χ0) is 12.9.